The van der Waals surface area contributed by atoms with E-state index in [0.717, 1.165) is 5.56 Å². The van der Waals surface area contributed by atoms with Gasteiger partial charge in [-0.15, -0.1) is 0 Å². The molecule has 0 unspecified atom stereocenters. The molecule has 0 aliphatic heterocycles. The first-order chi connectivity index (χ1) is 8.70. The molecular weight excluding hydrogens is 228 g/mol. The van der Waals surface area contributed by atoms with Crippen molar-refractivity contribution in [1.82, 2.24) is 5.32 Å². The van der Waals surface area contributed by atoms with Crippen molar-refractivity contribution in [3.05, 3.63) is 59.5 Å². The molecule has 2 aromatic rings. The predicted octanol–water partition coefficient (Wildman–Crippen LogP) is 2.23. The normalized spacial score (nSPS) is 12.1. The molecule has 0 spiro atoms. The zero-order valence-corrected chi connectivity index (χ0v) is 10.2. The third-order valence-electron chi connectivity index (χ3n) is 2.73. The molecule has 0 fully saturated rings. The number of amides is 1. The van der Waals surface area contributed by atoms with Crippen LogP contribution in [0.3, 0.4) is 0 Å². The molecule has 3 N–H and O–H groups in total. The molecule has 94 valence electrons. The highest BCUT2D eigenvalue weighted by atomic mass is 16.4. The second kappa shape index (κ2) is 5.51. The van der Waals surface area contributed by atoms with Crippen LogP contribution < -0.4 is 11.1 Å². The fraction of sp³-hybridized carbons (Fsp3) is 0.214. The van der Waals surface area contributed by atoms with Crippen molar-refractivity contribution in [1.29, 1.82) is 0 Å². The Hall–Kier alpha value is -2.07. The molecule has 1 atom stereocenters. The molecule has 0 bridgehead atoms. The molecule has 0 radical (unpaired) electrons. The van der Waals surface area contributed by atoms with Crippen LogP contribution in [-0.2, 0) is 6.54 Å². The summed E-state index contributed by atoms with van der Waals surface area (Å²) in [6, 6.07) is 13.0. The minimum absolute atomic E-state index is 0.0647. The maximum atomic E-state index is 11.9. The van der Waals surface area contributed by atoms with Gasteiger partial charge in [-0.05, 0) is 24.6 Å². The van der Waals surface area contributed by atoms with Gasteiger partial charge < -0.3 is 15.5 Å². The Balaban J connectivity index is 2.03. The molecule has 1 aromatic heterocycles. The van der Waals surface area contributed by atoms with E-state index in [1.807, 2.05) is 37.3 Å². The van der Waals surface area contributed by atoms with E-state index in [0.29, 0.717) is 18.1 Å². The van der Waals surface area contributed by atoms with Gasteiger partial charge in [0, 0.05) is 0 Å². The molecule has 18 heavy (non-hydrogen) atoms. The molecule has 2 rings (SSSR count). The van der Waals surface area contributed by atoms with Crippen molar-refractivity contribution < 1.29 is 9.21 Å². The van der Waals surface area contributed by atoms with Gasteiger partial charge in [-0.25, -0.2) is 0 Å². The van der Waals surface area contributed by atoms with Crippen molar-refractivity contribution >= 4 is 5.91 Å². The highest BCUT2D eigenvalue weighted by molar-refractivity contribution is 5.91. The molecule has 4 heteroatoms. The largest absolute Gasteiger partial charge is 0.455 e. The molecule has 0 aliphatic rings. The molecule has 0 saturated carbocycles. The van der Waals surface area contributed by atoms with Gasteiger partial charge in [0.1, 0.15) is 5.76 Å². The molecule has 4 nitrogen and oxygen atoms in total. The highest BCUT2D eigenvalue weighted by Crippen LogP contribution is 2.13. The Kier molecular flexibility index (Phi) is 3.79. The van der Waals surface area contributed by atoms with Gasteiger partial charge in [0.15, 0.2) is 5.76 Å². The van der Waals surface area contributed by atoms with Crippen LogP contribution in [0.15, 0.2) is 46.9 Å². The molecule has 1 amide bonds. The highest BCUT2D eigenvalue weighted by Gasteiger charge is 2.14. The maximum absolute atomic E-state index is 11.9. The molecule has 0 aliphatic carbocycles. The van der Waals surface area contributed by atoms with Gasteiger partial charge in [0.25, 0.3) is 5.91 Å². The Labute approximate surface area is 106 Å². The number of hydrogen-bond donors (Lipinski definition) is 2. The van der Waals surface area contributed by atoms with Gasteiger partial charge in [-0.2, -0.15) is 0 Å². The Bertz CT molecular complexity index is 520. The first-order valence-corrected chi connectivity index (χ1v) is 5.85. The Morgan fingerprint density at radius 1 is 1.28 bits per heavy atom. The lowest BCUT2D eigenvalue weighted by molar-refractivity contribution is 0.0910. The number of carbonyl (C=O) groups is 1. The zero-order chi connectivity index (χ0) is 13.0. The summed E-state index contributed by atoms with van der Waals surface area (Å²) in [7, 11) is 0. The Morgan fingerprint density at radius 2 is 2.00 bits per heavy atom. The SMILES string of the molecule is C[C@H](NC(=O)c1ccc(CN)o1)c1ccccc1. The van der Waals surface area contributed by atoms with Crippen LogP contribution in [0.2, 0.25) is 0 Å². The smallest absolute Gasteiger partial charge is 0.287 e. The van der Waals surface area contributed by atoms with Crippen molar-refractivity contribution in [2.45, 2.75) is 19.5 Å². The fourth-order valence-corrected chi connectivity index (χ4v) is 1.70. The summed E-state index contributed by atoms with van der Waals surface area (Å²) >= 11 is 0. The minimum atomic E-state index is -0.231. The van der Waals surface area contributed by atoms with E-state index >= 15 is 0 Å². The monoisotopic (exact) mass is 244 g/mol. The number of nitrogens with two attached hydrogens (primary N) is 1. The topological polar surface area (TPSA) is 68.3 Å². The van der Waals surface area contributed by atoms with Crippen molar-refractivity contribution in [2.75, 3.05) is 0 Å². The molecule has 0 saturated heterocycles. The molecule has 1 heterocycles. The summed E-state index contributed by atoms with van der Waals surface area (Å²) < 4.78 is 5.29. The van der Waals surface area contributed by atoms with Crippen LogP contribution in [0, 0.1) is 0 Å². The van der Waals surface area contributed by atoms with E-state index < -0.39 is 0 Å². The van der Waals surface area contributed by atoms with Crippen molar-refractivity contribution in [3.63, 3.8) is 0 Å². The Morgan fingerprint density at radius 3 is 2.61 bits per heavy atom. The minimum Gasteiger partial charge on any atom is -0.455 e. The van der Waals surface area contributed by atoms with Crippen LogP contribution in [0.4, 0.5) is 0 Å². The van der Waals surface area contributed by atoms with Crippen molar-refractivity contribution in [3.8, 4) is 0 Å². The zero-order valence-electron chi connectivity index (χ0n) is 10.2. The second-order valence-corrected chi connectivity index (χ2v) is 4.08. The maximum Gasteiger partial charge on any atom is 0.287 e. The third kappa shape index (κ3) is 2.78. The van der Waals surface area contributed by atoms with E-state index in [1.165, 1.54) is 0 Å². The lowest BCUT2D eigenvalue weighted by Gasteiger charge is -2.12. The number of furan rings is 1. The summed E-state index contributed by atoms with van der Waals surface area (Å²) in [6.45, 7) is 2.22. The van der Waals surface area contributed by atoms with Crippen LogP contribution in [-0.4, -0.2) is 5.91 Å². The quantitative estimate of drug-likeness (QED) is 0.866. The van der Waals surface area contributed by atoms with E-state index in [9.17, 15) is 4.79 Å². The number of rotatable bonds is 4. The van der Waals surface area contributed by atoms with E-state index in [-0.39, 0.29) is 11.9 Å². The standard InChI is InChI=1S/C14H16N2O2/c1-10(11-5-3-2-4-6-11)16-14(17)13-8-7-12(9-15)18-13/h2-8,10H,9,15H2,1H3,(H,16,17)/t10-/m0/s1. The van der Waals surface area contributed by atoms with Gasteiger partial charge in [-0.3, -0.25) is 4.79 Å². The summed E-state index contributed by atoms with van der Waals surface area (Å²) in [4.78, 5) is 11.9. The van der Waals surface area contributed by atoms with E-state index in [1.54, 1.807) is 12.1 Å². The van der Waals surface area contributed by atoms with E-state index in [4.69, 9.17) is 10.2 Å². The number of carbonyl (C=O) groups excluding carboxylic acids is 1. The third-order valence-corrected chi connectivity index (χ3v) is 2.73. The molecule has 1 aromatic carbocycles. The number of nitrogens with one attached hydrogen (secondary N) is 1. The van der Waals surface area contributed by atoms with Crippen LogP contribution in [0.25, 0.3) is 0 Å². The van der Waals surface area contributed by atoms with Crippen LogP contribution in [0.1, 0.15) is 34.8 Å². The first kappa shape index (κ1) is 12.4. The molecular formula is C14H16N2O2. The van der Waals surface area contributed by atoms with E-state index in [2.05, 4.69) is 5.32 Å². The number of benzene rings is 1. The van der Waals surface area contributed by atoms with Gasteiger partial charge >= 0.3 is 0 Å². The van der Waals surface area contributed by atoms with Crippen LogP contribution >= 0.6 is 0 Å². The van der Waals surface area contributed by atoms with Gasteiger partial charge in [-0.1, -0.05) is 30.3 Å². The average molecular weight is 244 g/mol. The van der Waals surface area contributed by atoms with Gasteiger partial charge in [0.2, 0.25) is 0 Å². The summed E-state index contributed by atoms with van der Waals surface area (Å²) in [5.41, 5.74) is 6.48. The van der Waals surface area contributed by atoms with Crippen LogP contribution in [0.5, 0.6) is 0 Å². The summed E-state index contributed by atoms with van der Waals surface area (Å²) in [5, 5.41) is 2.88. The lowest BCUT2D eigenvalue weighted by atomic mass is 10.1. The van der Waals surface area contributed by atoms with Crippen molar-refractivity contribution in [2.24, 2.45) is 5.73 Å². The fourth-order valence-electron chi connectivity index (χ4n) is 1.70. The second-order valence-electron chi connectivity index (χ2n) is 4.08. The predicted molar refractivity (Wildman–Crippen MR) is 68.9 cm³/mol. The first-order valence-electron chi connectivity index (χ1n) is 5.85. The summed E-state index contributed by atoms with van der Waals surface area (Å²) in [5.74, 6) is 0.664. The summed E-state index contributed by atoms with van der Waals surface area (Å²) in [6.07, 6.45) is 0. The average Bonchev–Trinajstić information content (AvgIpc) is 2.88. The van der Waals surface area contributed by atoms with Gasteiger partial charge in [0.05, 0.1) is 12.6 Å². The lowest BCUT2D eigenvalue weighted by Crippen LogP contribution is -2.26. The number of hydrogen-bond acceptors (Lipinski definition) is 3.